The summed E-state index contributed by atoms with van der Waals surface area (Å²) in [5, 5.41) is 3.49. The van der Waals surface area contributed by atoms with Crippen molar-refractivity contribution in [3.05, 3.63) is 59.2 Å². The van der Waals surface area contributed by atoms with Crippen molar-refractivity contribution in [2.24, 2.45) is 0 Å². The molecule has 0 amide bonds. The fourth-order valence-electron chi connectivity index (χ4n) is 2.77. The smallest absolute Gasteiger partial charge is 0.161 e. The van der Waals surface area contributed by atoms with Gasteiger partial charge in [0.05, 0.1) is 6.61 Å². The molecule has 0 atom stereocenters. The molecule has 142 valence electrons. The highest BCUT2D eigenvalue weighted by molar-refractivity contribution is 5.43. The molecule has 26 heavy (non-hydrogen) atoms. The van der Waals surface area contributed by atoms with Crippen molar-refractivity contribution in [2.75, 3.05) is 33.8 Å². The molecule has 0 saturated carbocycles. The van der Waals surface area contributed by atoms with Crippen LogP contribution in [0.15, 0.2) is 42.5 Å². The quantitative estimate of drug-likeness (QED) is 0.617. The number of aryl methyl sites for hydroxylation is 1. The van der Waals surface area contributed by atoms with Crippen molar-refractivity contribution < 1.29 is 9.47 Å². The number of hydrogen-bond donors (Lipinski definition) is 1. The molecule has 0 aliphatic rings. The zero-order chi connectivity index (χ0) is 18.8. The Morgan fingerprint density at radius 1 is 0.962 bits per heavy atom. The van der Waals surface area contributed by atoms with Crippen molar-refractivity contribution in [3.63, 3.8) is 0 Å². The van der Waals surface area contributed by atoms with Crippen molar-refractivity contribution in [3.8, 4) is 11.5 Å². The molecule has 2 aromatic carbocycles. The molecule has 0 unspecified atom stereocenters. The lowest BCUT2D eigenvalue weighted by atomic mass is 10.1. The molecule has 0 spiro atoms. The molecule has 2 rings (SSSR count). The van der Waals surface area contributed by atoms with Gasteiger partial charge in [-0.25, -0.2) is 0 Å². The normalized spacial score (nSPS) is 11.0. The average molecular weight is 357 g/mol. The van der Waals surface area contributed by atoms with E-state index < -0.39 is 0 Å². The number of nitrogens with one attached hydrogen (secondary N) is 1. The molecule has 0 heterocycles. The van der Waals surface area contributed by atoms with Gasteiger partial charge in [-0.05, 0) is 70.7 Å². The van der Waals surface area contributed by atoms with Gasteiger partial charge in [-0.1, -0.05) is 35.9 Å². The monoisotopic (exact) mass is 356 g/mol. The van der Waals surface area contributed by atoms with E-state index in [1.807, 2.05) is 13.0 Å². The summed E-state index contributed by atoms with van der Waals surface area (Å²) >= 11 is 0. The van der Waals surface area contributed by atoms with Crippen molar-refractivity contribution >= 4 is 0 Å². The fraction of sp³-hybridized carbons (Fsp3) is 0.455. The van der Waals surface area contributed by atoms with E-state index in [-0.39, 0.29) is 0 Å². The van der Waals surface area contributed by atoms with Crippen LogP contribution >= 0.6 is 0 Å². The minimum Gasteiger partial charge on any atom is -0.490 e. The molecule has 0 bridgehead atoms. The Hall–Kier alpha value is -2.04. The summed E-state index contributed by atoms with van der Waals surface area (Å²) in [6.45, 7) is 8.21. The van der Waals surface area contributed by atoms with Gasteiger partial charge in [-0.2, -0.15) is 0 Å². The van der Waals surface area contributed by atoms with Crippen LogP contribution in [0.5, 0.6) is 11.5 Å². The van der Waals surface area contributed by atoms with E-state index in [0.717, 1.165) is 37.6 Å². The first kappa shape index (κ1) is 20.3. The number of ether oxygens (including phenoxy) is 2. The van der Waals surface area contributed by atoms with Gasteiger partial charge < -0.3 is 19.7 Å². The summed E-state index contributed by atoms with van der Waals surface area (Å²) in [7, 11) is 4.20. The van der Waals surface area contributed by atoms with Crippen molar-refractivity contribution in [1.82, 2.24) is 10.2 Å². The van der Waals surface area contributed by atoms with E-state index in [1.165, 1.54) is 16.7 Å². The van der Waals surface area contributed by atoms with Crippen LogP contribution in [0.25, 0.3) is 0 Å². The molecular weight excluding hydrogens is 324 g/mol. The molecule has 4 heteroatoms. The summed E-state index contributed by atoms with van der Waals surface area (Å²) in [4.78, 5) is 2.20. The highest BCUT2D eigenvalue weighted by atomic mass is 16.5. The Labute approximate surface area is 158 Å². The summed E-state index contributed by atoms with van der Waals surface area (Å²) < 4.78 is 11.8. The topological polar surface area (TPSA) is 33.7 Å². The molecule has 4 nitrogen and oxygen atoms in total. The van der Waals surface area contributed by atoms with Crippen LogP contribution in [0.2, 0.25) is 0 Å². The lowest BCUT2D eigenvalue weighted by Crippen LogP contribution is -2.21. The van der Waals surface area contributed by atoms with Crippen molar-refractivity contribution in [1.29, 1.82) is 0 Å². The predicted octanol–water partition coefficient (Wildman–Crippen LogP) is 4.01. The van der Waals surface area contributed by atoms with E-state index in [9.17, 15) is 0 Å². The molecule has 0 aromatic heterocycles. The molecule has 1 N–H and O–H groups in total. The number of benzene rings is 2. The Balaban J connectivity index is 1.92. The molecule has 0 aliphatic carbocycles. The van der Waals surface area contributed by atoms with Crippen LogP contribution in [0.4, 0.5) is 0 Å². The van der Waals surface area contributed by atoms with Gasteiger partial charge in [-0.15, -0.1) is 0 Å². The van der Waals surface area contributed by atoms with Crippen LogP contribution < -0.4 is 14.8 Å². The lowest BCUT2D eigenvalue weighted by Gasteiger charge is -2.14. The SMILES string of the molecule is CCOc1cc(CNCCCN(C)C)ccc1OCc1cccc(C)c1. The van der Waals surface area contributed by atoms with Gasteiger partial charge in [0.2, 0.25) is 0 Å². The summed E-state index contributed by atoms with van der Waals surface area (Å²) in [6.07, 6.45) is 1.14. The zero-order valence-electron chi connectivity index (χ0n) is 16.5. The number of nitrogens with zero attached hydrogens (tertiary/aromatic N) is 1. The first-order valence-electron chi connectivity index (χ1n) is 9.38. The van der Waals surface area contributed by atoms with Crippen LogP contribution in [0.3, 0.4) is 0 Å². The average Bonchev–Trinajstić information content (AvgIpc) is 2.61. The highest BCUT2D eigenvalue weighted by Crippen LogP contribution is 2.29. The summed E-state index contributed by atoms with van der Waals surface area (Å²) in [5.74, 6) is 1.61. The maximum absolute atomic E-state index is 6.00. The first-order valence-corrected chi connectivity index (χ1v) is 9.38. The van der Waals surface area contributed by atoms with E-state index >= 15 is 0 Å². The van der Waals surface area contributed by atoms with E-state index in [4.69, 9.17) is 9.47 Å². The molecule has 0 radical (unpaired) electrons. The van der Waals surface area contributed by atoms with Crippen LogP contribution in [0, 0.1) is 6.92 Å². The Morgan fingerprint density at radius 2 is 1.81 bits per heavy atom. The second-order valence-electron chi connectivity index (χ2n) is 6.83. The second kappa shape index (κ2) is 10.8. The van der Waals surface area contributed by atoms with Gasteiger partial charge in [-0.3, -0.25) is 0 Å². The van der Waals surface area contributed by atoms with Gasteiger partial charge in [0.15, 0.2) is 11.5 Å². The zero-order valence-corrected chi connectivity index (χ0v) is 16.5. The number of hydrogen-bond acceptors (Lipinski definition) is 4. The third-order valence-corrected chi connectivity index (χ3v) is 4.07. The molecule has 0 saturated heterocycles. The van der Waals surface area contributed by atoms with Crippen LogP contribution in [-0.2, 0) is 13.2 Å². The highest BCUT2D eigenvalue weighted by Gasteiger charge is 2.07. The first-order chi connectivity index (χ1) is 12.6. The standard InChI is InChI=1S/C22H32N2O2/c1-5-25-22-15-19(16-23-12-7-13-24(3)4)10-11-21(22)26-17-20-9-6-8-18(2)14-20/h6,8-11,14-15,23H,5,7,12-13,16-17H2,1-4H3. The van der Waals surface area contributed by atoms with E-state index in [1.54, 1.807) is 0 Å². The van der Waals surface area contributed by atoms with Gasteiger partial charge in [0.1, 0.15) is 6.61 Å². The van der Waals surface area contributed by atoms with Crippen LogP contribution in [0.1, 0.15) is 30.0 Å². The third kappa shape index (κ3) is 7.06. The minimum atomic E-state index is 0.546. The molecule has 2 aromatic rings. The minimum absolute atomic E-state index is 0.546. The maximum Gasteiger partial charge on any atom is 0.161 e. The van der Waals surface area contributed by atoms with Crippen molar-refractivity contribution in [2.45, 2.75) is 33.4 Å². The Morgan fingerprint density at radius 3 is 2.54 bits per heavy atom. The fourth-order valence-corrected chi connectivity index (χ4v) is 2.77. The summed E-state index contributed by atoms with van der Waals surface area (Å²) in [6, 6.07) is 14.6. The van der Waals surface area contributed by atoms with Gasteiger partial charge >= 0.3 is 0 Å². The van der Waals surface area contributed by atoms with E-state index in [0.29, 0.717) is 13.2 Å². The lowest BCUT2D eigenvalue weighted by molar-refractivity contribution is 0.269. The Bertz CT molecular complexity index is 671. The third-order valence-electron chi connectivity index (χ3n) is 4.07. The van der Waals surface area contributed by atoms with Gasteiger partial charge in [0, 0.05) is 6.54 Å². The Kier molecular flexibility index (Phi) is 8.45. The molecule has 0 fully saturated rings. The molecule has 0 aliphatic heterocycles. The second-order valence-corrected chi connectivity index (χ2v) is 6.83. The predicted molar refractivity (Wildman–Crippen MR) is 108 cm³/mol. The van der Waals surface area contributed by atoms with Crippen LogP contribution in [-0.4, -0.2) is 38.7 Å². The maximum atomic E-state index is 6.00. The largest absolute Gasteiger partial charge is 0.490 e. The molecular formula is C22H32N2O2. The van der Waals surface area contributed by atoms with E-state index in [2.05, 4.69) is 67.6 Å². The summed E-state index contributed by atoms with van der Waals surface area (Å²) in [5.41, 5.74) is 3.62. The van der Waals surface area contributed by atoms with Gasteiger partial charge in [0.25, 0.3) is 0 Å². The number of rotatable bonds is 11.